The topological polar surface area (TPSA) is 190 Å². The van der Waals surface area contributed by atoms with Crippen LogP contribution in [0.2, 0.25) is 0 Å². The van der Waals surface area contributed by atoms with Crippen molar-refractivity contribution in [3.63, 3.8) is 0 Å². The summed E-state index contributed by atoms with van der Waals surface area (Å²) in [5.41, 5.74) is 7.29. The molecule has 2 heterocycles. The summed E-state index contributed by atoms with van der Waals surface area (Å²) in [6.45, 7) is 1.61. The highest BCUT2D eigenvalue weighted by Crippen LogP contribution is 2.35. The maximum atomic E-state index is 11.5. The number of hydrogen-bond donors (Lipinski definition) is 3. The lowest BCUT2D eigenvalue weighted by Crippen LogP contribution is -2.04. The Morgan fingerprint density at radius 3 is 2.44 bits per heavy atom. The number of benzene rings is 2. The van der Waals surface area contributed by atoms with Crippen molar-refractivity contribution in [2.24, 2.45) is 10.2 Å². The molecule has 4 N–H and O–H groups in total. The predicted octanol–water partition coefficient (Wildman–Crippen LogP) is 3.28. The maximum absolute atomic E-state index is 11.5. The second kappa shape index (κ2) is 7.72. The summed E-state index contributed by atoms with van der Waals surface area (Å²) in [6.07, 6.45) is 0. The first-order chi connectivity index (χ1) is 14.9. The lowest BCUT2D eigenvalue weighted by atomic mass is 10.3. The predicted molar refractivity (Wildman–Crippen MR) is 116 cm³/mol. The minimum absolute atomic E-state index is 0.0541. The number of nitrogens with two attached hydrogens (primary N) is 1. The summed E-state index contributed by atoms with van der Waals surface area (Å²) in [6, 6.07) is 9.65. The van der Waals surface area contributed by atoms with E-state index in [4.69, 9.17) is 5.73 Å². The van der Waals surface area contributed by atoms with Crippen LogP contribution in [0.5, 0.6) is 0 Å². The van der Waals surface area contributed by atoms with Crippen LogP contribution in [0, 0.1) is 6.92 Å². The first kappa shape index (κ1) is 22.0. The first-order valence-electron chi connectivity index (χ1n) is 8.67. The molecular weight excluding hydrogens is 480 g/mol. The second-order valence-corrected chi connectivity index (χ2v) is 10.3. The minimum Gasteiger partial charge on any atom is -0.382 e. The first-order valence-corrected chi connectivity index (χ1v) is 12.4. The Hall–Kier alpha value is -3.24. The Labute approximate surface area is 185 Å². The van der Waals surface area contributed by atoms with Crippen molar-refractivity contribution in [3.8, 4) is 5.69 Å². The highest BCUT2D eigenvalue weighted by molar-refractivity contribution is 7.86. The molecule has 15 heteroatoms. The van der Waals surface area contributed by atoms with Crippen molar-refractivity contribution >= 4 is 58.4 Å². The van der Waals surface area contributed by atoms with Gasteiger partial charge < -0.3 is 5.73 Å². The summed E-state index contributed by atoms with van der Waals surface area (Å²) in [5, 5.41) is 12.4. The minimum atomic E-state index is -4.43. The van der Waals surface area contributed by atoms with Crippen molar-refractivity contribution in [3.05, 3.63) is 48.2 Å². The maximum Gasteiger partial charge on any atom is 0.296 e. The van der Waals surface area contributed by atoms with Gasteiger partial charge in [-0.3, -0.25) is 9.11 Å². The molecular formula is C17H14N6O6S3. The number of aromatic nitrogens is 3. The van der Waals surface area contributed by atoms with E-state index >= 15 is 0 Å². The number of fused-ring (bicyclic) bond motifs is 1. The van der Waals surface area contributed by atoms with Crippen molar-refractivity contribution in [1.29, 1.82) is 0 Å². The Bertz CT molecular complexity index is 1600. The fourth-order valence-electron chi connectivity index (χ4n) is 2.88. The second-order valence-electron chi connectivity index (χ2n) is 6.48. The molecule has 32 heavy (non-hydrogen) atoms. The largest absolute Gasteiger partial charge is 0.382 e. The molecule has 0 amide bonds. The van der Waals surface area contributed by atoms with Gasteiger partial charge in [-0.15, -0.1) is 10.2 Å². The SMILES string of the molecule is Cc1nn(-c2cccc(S(=O)(=O)O)c2)c(N)c1N=Nc1nc2cccc(S(=O)(=O)O)c2s1. The zero-order valence-corrected chi connectivity index (χ0v) is 18.6. The van der Waals surface area contributed by atoms with Gasteiger partial charge in [0.25, 0.3) is 20.2 Å². The van der Waals surface area contributed by atoms with Gasteiger partial charge in [-0.05, 0) is 37.3 Å². The number of nitrogen functional groups attached to an aromatic ring is 1. The molecule has 0 saturated carbocycles. The van der Waals surface area contributed by atoms with Gasteiger partial charge >= 0.3 is 0 Å². The quantitative estimate of drug-likeness (QED) is 0.276. The molecule has 2 aromatic carbocycles. The summed E-state index contributed by atoms with van der Waals surface area (Å²) in [4.78, 5) is 3.58. The number of anilines is 1. The van der Waals surface area contributed by atoms with E-state index in [-0.39, 0.29) is 36.8 Å². The van der Waals surface area contributed by atoms with Crippen molar-refractivity contribution in [2.75, 3.05) is 5.73 Å². The lowest BCUT2D eigenvalue weighted by molar-refractivity contribution is 0.481. The van der Waals surface area contributed by atoms with Gasteiger partial charge in [-0.2, -0.15) is 21.9 Å². The molecule has 0 radical (unpaired) electrons. The van der Waals surface area contributed by atoms with Gasteiger partial charge in [0.15, 0.2) is 11.5 Å². The van der Waals surface area contributed by atoms with Crippen molar-refractivity contribution in [1.82, 2.24) is 14.8 Å². The van der Waals surface area contributed by atoms with E-state index in [0.717, 1.165) is 11.3 Å². The molecule has 0 fully saturated rings. The summed E-state index contributed by atoms with van der Waals surface area (Å²) < 4.78 is 66.0. The molecule has 0 aliphatic heterocycles. The Morgan fingerprint density at radius 1 is 1.03 bits per heavy atom. The van der Waals surface area contributed by atoms with Gasteiger partial charge in [-0.1, -0.05) is 23.5 Å². The van der Waals surface area contributed by atoms with Crippen molar-refractivity contribution in [2.45, 2.75) is 16.7 Å². The lowest BCUT2D eigenvalue weighted by Gasteiger charge is -2.05. The smallest absolute Gasteiger partial charge is 0.296 e. The van der Waals surface area contributed by atoms with Gasteiger partial charge in [0.2, 0.25) is 5.13 Å². The number of nitrogens with zero attached hydrogens (tertiary/aromatic N) is 5. The van der Waals surface area contributed by atoms with E-state index in [9.17, 15) is 25.9 Å². The highest BCUT2D eigenvalue weighted by atomic mass is 32.2. The van der Waals surface area contributed by atoms with Crippen LogP contribution in [0.1, 0.15) is 5.69 Å². The van der Waals surface area contributed by atoms with E-state index in [0.29, 0.717) is 11.2 Å². The molecule has 4 rings (SSSR count). The monoisotopic (exact) mass is 494 g/mol. The summed E-state index contributed by atoms with van der Waals surface area (Å²) in [7, 11) is -8.85. The standard InChI is InChI=1S/C17H14N6O6S3/c1-9-14(16(18)23(22-9)10-4-2-5-11(8-10)31(24,25)26)20-21-17-19-12-6-3-7-13(15(12)30-17)32(27,28)29/h2-8H,18H2,1H3,(H,24,25,26)(H,27,28,29). The molecule has 0 bridgehead atoms. The molecule has 0 atom stereocenters. The van der Waals surface area contributed by atoms with Gasteiger partial charge in [0, 0.05) is 0 Å². The van der Waals surface area contributed by atoms with Crippen LogP contribution >= 0.6 is 11.3 Å². The van der Waals surface area contributed by atoms with Gasteiger partial charge in [0.05, 0.1) is 26.5 Å². The van der Waals surface area contributed by atoms with Crippen LogP contribution in [0.4, 0.5) is 16.6 Å². The molecule has 0 saturated heterocycles. The molecule has 0 unspecified atom stereocenters. The Balaban J connectivity index is 1.74. The fraction of sp³-hybridized carbons (Fsp3) is 0.0588. The van der Waals surface area contributed by atoms with Crippen LogP contribution in [0.15, 0.2) is 62.5 Å². The third kappa shape index (κ3) is 4.11. The van der Waals surface area contributed by atoms with Gasteiger partial charge in [0.1, 0.15) is 4.90 Å². The third-order valence-electron chi connectivity index (χ3n) is 4.30. The summed E-state index contributed by atoms with van der Waals surface area (Å²) >= 11 is 0.916. The molecule has 0 spiro atoms. The third-order valence-corrected chi connectivity index (χ3v) is 7.17. The average molecular weight is 495 g/mol. The van der Waals surface area contributed by atoms with E-state index in [1.807, 2.05) is 0 Å². The van der Waals surface area contributed by atoms with E-state index in [2.05, 4.69) is 20.3 Å². The van der Waals surface area contributed by atoms with Crippen LogP contribution in [-0.4, -0.2) is 40.7 Å². The number of thiazole rings is 1. The van der Waals surface area contributed by atoms with Gasteiger partial charge in [-0.25, -0.2) is 9.67 Å². The normalized spacial score (nSPS) is 12.7. The Kier molecular flexibility index (Phi) is 5.30. The van der Waals surface area contributed by atoms with Crippen molar-refractivity contribution < 1.29 is 25.9 Å². The molecule has 166 valence electrons. The molecule has 0 aliphatic carbocycles. The van der Waals surface area contributed by atoms with Crippen LogP contribution < -0.4 is 5.73 Å². The average Bonchev–Trinajstić information content (AvgIpc) is 3.25. The number of aryl methyl sites for hydroxylation is 1. The summed E-state index contributed by atoms with van der Waals surface area (Å²) in [5.74, 6) is 0.0541. The highest BCUT2D eigenvalue weighted by Gasteiger charge is 2.19. The zero-order valence-electron chi connectivity index (χ0n) is 16.1. The number of azo groups is 1. The van der Waals surface area contributed by atoms with E-state index in [1.165, 1.54) is 35.0 Å². The Morgan fingerprint density at radius 2 is 1.75 bits per heavy atom. The zero-order chi connectivity index (χ0) is 23.3. The van der Waals surface area contributed by atoms with Crippen LogP contribution in [-0.2, 0) is 20.2 Å². The van der Waals surface area contributed by atoms with E-state index < -0.39 is 20.2 Å². The molecule has 4 aromatic rings. The fourth-order valence-corrected chi connectivity index (χ4v) is 5.23. The molecule has 2 aromatic heterocycles. The number of hydrogen-bond acceptors (Lipinski definition) is 10. The van der Waals surface area contributed by atoms with Crippen LogP contribution in [0.25, 0.3) is 15.9 Å². The number of rotatable bonds is 5. The van der Waals surface area contributed by atoms with E-state index in [1.54, 1.807) is 19.1 Å². The molecule has 12 nitrogen and oxygen atoms in total. The molecule has 0 aliphatic rings. The van der Waals surface area contributed by atoms with Crippen LogP contribution in [0.3, 0.4) is 0 Å².